The van der Waals surface area contributed by atoms with Gasteiger partial charge < -0.3 is 5.32 Å². The maximum absolute atomic E-state index is 11.8. The summed E-state index contributed by atoms with van der Waals surface area (Å²) < 4.78 is 0. The average molecular weight is 271 g/mol. The van der Waals surface area contributed by atoms with Crippen LogP contribution in [0.5, 0.6) is 0 Å². The van der Waals surface area contributed by atoms with Crippen molar-refractivity contribution in [2.45, 2.75) is 13.3 Å². The number of carbonyl (C=O) groups is 1. The first-order valence-corrected chi connectivity index (χ1v) is 6.01. The van der Waals surface area contributed by atoms with Crippen LogP contribution >= 0.6 is 0 Å². The SMILES string of the molecule is Cc1cccc(NC(=O)Cc2ccc([N+](=O)[O-])cc2)n1. The molecule has 1 aromatic carbocycles. The zero-order chi connectivity index (χ0) is 14.5. The molecule has 0 spiro atoms. The highest BCUT2D eigenvalue weighted by Gasteiger charge is 2.08. The lowest BCUT2D eigenvalue weighted by Crippen LogP contribution is -2.15. The molecule has 2 rings (SSSR count). The van der Waals surface area contributed by atoms with Crippen molar-refractivity contribution in [2.24, 2.45) is 0 Å². The highest BCUT2D eigenvalue weighted by atomic mass is 16.6. The van der Waals surface area contributed by atoms with Crippen molar-refractivity contribution < 1.29 is 9.72 Å². The number of aryl methyl sites for hydroxylation is 1. The van der Waals surface area contributed by atoms with Gasteiger partial charge in [0.25, 0.3) is 5.69 Å². The van der Waals surface area contributed by atoms with Crippen molar-refractivity contribution >= 4 is 17.4 Å². The topological polar surface area (TPSA) is 85.1 Å². The van der Waals surface area contributed by atoms with Crippen LogP contribution in [0.15, 0.2) is 42.5 Å². The molecule has 6 heteroatoms. The lowest BCUT2D eigenvalue weighted by Gasteiger charge is -2.05. The van der Waals surface area contributed by atoms with Crippen LogP contribution in [0.25, 0.3) is 0 Å². The fourth-order valence-corrected chi connectivity index (χ4v) is 1.72. The van der Waals surface area contributed by atoms with Crippen LogP contribution in [0.2, 0.25) is 0 Å². The third-order valence-corrected chi connectivity index (χ3v) is 2.67. The summed E-state index contributed by atoms with van der Waals surface area (Å²) in [4.78, 5) is 26.1. The zero-order valence-corrected chi connectivity index (χ0v) is 10.9. The number of non-ortho nitro benzene ring substituents is 1. The Labute approximate surface area is 115 Å². The van der Waals surface area contributed by atoms with E-state index >= 15 is 0 Å². The normalized spacial score (nSPS) is 10.1. The van der Waals surface area contributed by atoms with Crippen LogP contribution in [-0.4, -0.2) is 15.8 Å². The number of aromatic nitrogens is 1. The van der Waals surface area contributed by atoms with Crippen LogP contribution in [0, 0.1) is 17.0 Å². The molecule has 0 radical (unpaired) electrons. The van der Waals surface area contributed by atoms with E-state index in [9.17, 15) is 14.9 Å². The average Bonchev–Trinajstić information content (AvgIpc) is 2.39. The number of nitro benzene ring substituents is 1. The number of benzene rings is 1. The van der Waals surface area contributed by atoms with Gasteiger partial charge in [-0.1, -0.05) is 18.2 Å². The molecule has 1 amide bonds. The number of nitro groups is 1. The second kappa shape index (κ2) is 5.92. The molecule has 0 aliphatic rings. The Morgan fingerprint density at radius 2 is 1.95 bits per heavy atom. The third kappa shape index (κ3) is 3.61. The largest absolute Gasteiger partial charge is 0.310 e. The molecule has 0 fully saturated rings. The highest BCUT2D eigenvalue weighted by Crippen LogP contribution is 2.13. The summed E-state index contributed by atoms with van der Waals surface area (Å²) in [5.41, 5.74) is 1.54. The Morgan fingerprint density at radius 3 is 2.55 bits per heavy atom. The Hall–Kier alpha value is -2.76. The second-order valence-corrected chi connectivity index (χ2v) is 4.31. The first-order valence-electron chi connectivity index (χ1n) is 6.01. The maximum atomic E-state index is 11.8. The van der Waals surface area contributed by atoms with Crippen molar-refractivity contribution in [3.8, 4) is 0 Å². The second-order valence-electron chi connectivity index (χ2n) is 4.31. The number of nitrogens with zero attached hydrogens (tertiary/aromatic N) is 2. The number of nitrogens with one attached hydrogen (secondary N) is 1. The monoisotopic (exact) mass is 271 g/mol. The van der Waals surface area contributed by atoms with E-state index in [1.165, 1.54) is 12.1 Å². The van der Waals surface area contributed by atoms with Gasteiger partial charge in [0.2, 0.25) is 5.91 Å². The fourth-order valence-electron chi connectivity index (χ4n) is 1.72. The Balaban J connectivity index is 1.99. The van der Waals surface area contributed by atoms with E-state index in [-0.39, 0.29) is 18.0 Å². The van der Waals surface area contributed by atoms with E-state index in [0.717, 1.165) is 5.69 Å². The lowest BCUT2D eigenvalue weighted by atomic mass is 10.1. The van der Waals surface area contributed by atoms with Gasteiger partial charge in [-0.15, -0.1) is 0 Å². The minimum atomic E-state index is -0.472. The number of hydrogen-bond acceptors (Lipinski definition) is 4. The molecular formula is C14H13N3O3. The Bertz CT molecular complexity index is 638. The number of carbonyl (C=O) groups excluding carboxylic acids is 1. The molecule has 102 valence electrons. The summed E-state index contributed by atoms with van der Waals surface area (Å²) in [6, 6.07) is 11.3. The lowest BCUT2D eigenvalue weighted by molar-refractivity contribution is -0.384. The first kappa shape index (κ1) is 13.7. The predicted octanol–water partition coefficient (Wildman–Crippen LogP) is 2.48. The van der Waals surface area contributed by atoms with Crippen LogP contribution in [0.4, 0.5) is 11.5 Å². The highest BCUT2D eigenvalue weighted by molar-refractivity contribution is 5.91. The minimum absolute atomic E-state index is 0.00880. The van der Waals surface area contributed by atoms with Gasteiger partial charge in [-0.3, -0.25) is 14.9 Å². The van der Waals surface area contributed by atoms with Crippen LogP contribution in [0.1, 0.15) is 11.3 Å². The van der Waals surface area contributed by atoms with Gasteiger partial charge in [-0.2, -0.15) is 0 Å². The third-order valence-electron chi connectivity index (χ3n) is 2.67. The van der Waals surface area contributed by atoms with E-state index in [1.807, 2.05) is 19.1 Å². The molecule has 0 unspecified atom stereocenters. The summed E-state index contributed by atoms with van der Waals surface area (Å²) in [5, 5.41) is 13.2. The molecule has 0 aliphatic heterocycles. The standard InChI is InChI=1S/C14H13N3O3/c1-10-3-2-4-13(15-10)16-14(18)9-11-5-7-12(8-6-11)17(19)20/h2-8H,9H2,1H3,(H,15,16,18). The fraction of sp³-hybridized carbons (Fsp3) is 0.143. The molecule has 20 heavy (non-hydrogen) atoms. The molecule has 0 bridgehead atoms. The van der Waals surface area contributed by atoms with E-state index in [2.05, 4.69) is 10.3 Å². The summed E-state index contributed by atoms with van der Waals surface area (Å²) >= 11 is 0. The van der Waals surface area contributed by atoms with Crippen LogP contribution < -0.4 is 5.32 Å². The van der Waals surface area contributed by atoms with Crippen LogP contribution in [-0.2, 0) is 11.2 Å². The van der Waals surface area contributed by atoms with E-state index in [0.29, 0.717) is 11.4 Å². The van der Waals surface area contributed by atoms with Gasteiger partial charge >= 0.3 is 0 Å². The molecule has 1 heterocycles. The van der Waals surface area contributed by atoms with Gasteiger partial charge in [-0.25, -0.2) is 4.98 Å². The van der Waals surface area contributed by atoms with Crippen molar-refractivity contribution in [3.63, 3.8) is 0 Å². The van der Waals surface area contributed by atoms with E-state index < -0.39 is 4.92 Å². The molecule has 2 aromatic rings. The number of pyridine rings is 1. The number of rotatable bonds is 4. The van der Waals surface area contributed by atoms with Gasteiger partial charge in [0, 0.05) is 17.8 Å². The summed E-state index contributed by atoms with van der Waals surface area (Å²) in [6.07, 6.45) is 0.146. The van der Waals surface area contributed by atoms with E-state index in [4.69, 9.17) is 0 Å². The van der Waals surface area contributed by atoms with Gasteiger partial charge in [0.1, 0.15) is 5.82 Å². The number of anilines is 1. The Kier molecular flexibility index (Phi) is 4.05. The number of hydrogen-bond donors (Lipinski definition) is 1. The summed E-state index contributed by atoms with van der Waals surface area (Å²) in [5.74, 6) is 0.286. The van der Waals surface area contributed by atoms with Crippen molar-refractivity contribution in [2.75, 3.05) is 5.32 Å². The molecule has 0 saturated heterocycles. The molecule has 0 atom stereocenters. The Morgan fingerprint density at radius 1 is 1.25 bits per heavy atom. The molecule has 1 aromatic heterocycles. The van der Waals surface area contributed by atoms with Gasteiger partial charge in [0.05, 0.1) is 11.3 Å². The van der Waals surface area contributed by atoms with Gasteiger partial charge in [0.15, 0.2) is 0 Å². The maximum Gasteiger partial charge on any atom is 0.269 e. The molecular weight excluding hydrogens is 258 g/mol. The molecule has 0 aliphatic carbocycles. The van der Waals surface area contributed by atoms with E-state index in [1.54, 1.807) is 18.2 Å². The summed E-state index contributed by atoms with van der Waals surface area (Å²) in [7, 11) is 0. The quantitative estimate of drug-likeness (QED) is 0.683. The molecule has 0 saturated carbocycles. The van der Waals surface area contributed by atoms with Crippen molar-refractivity contribution in [3.05, 3.63) is 63.8 Å². The van der Waals surface area contributed by atoms with Crippen molar-refractivity contribution in [1.29, 1.82) is 0 Å². The number of amides is 1. The van der Waals surface area contributed by atoms with Gasteiger partial charge in [-0.05, 0) is 24.6 Å². The van der Waals surface area contributed by atoms with Crippen molar-refractivity contribution in [1.82, 2.24) is 4.98 Å². The molecule has 6 nitrogen and oxygen atoms in total. The zero-order valence-electron chi connectivity index (χ0n) is 10.9. The smallest absolute Gasteiger partial charge is 0.269 e. The minimum Gasteiger partial charge on any atom is -0.310 e. The van der Waals surface area contributed by atoms with Crippen LogP contribution in [0.3, 0.4) is 0 Å². The first-order chi connectivity index (χ1) is 9.54. The molecule has 1 N–H and O–H groups in total. The predicted molar refractivity (Wildman–Crippen MR) is 74.4 cm³/mol. The summed E-state index contributed by atoms with van der Waals surface area (Å²) in [6.45, 7) is 1.84.